The summed E-state index contributed by atoms with van der Waals surface area (Å²) in [6, 6.07) is 3.78. The molecule has 6 heteroatoms. The summed E-state index contributed by atoms with van der Waals surface area (Å²) in [4.78, 5) is 24.2. The van der Waals surface area contributed by atoms with Crippen molar-refractivity contribution in [3.8, 4) is 0 Å². The molecule has 1 saturated heterocycles. The molecule has 0 saturated carbocycles. The van der Waals surface area contributed by atoms with Crippen molar-refractivity contribution >= 4 is 17.5 Å². The highest BCUT2D eigenvalue weighted by Crippen LogP contribution is 2.19. The Morgan fingerprint density at radius 3 is 2.67 bits per heavy atom. The summed E-state index contributed by atoms with van der Waals surface area (Å²) in [5.74, 6) is -1.28. The summed E-state index contributed by atoms with van der Waals surface area (Å²) in [6.45, 7) is 1.83. The Kier molecular flexibility index (Phi) is 3.29. The number of hydrogen-bond acceptors (Lipinski definition) is 3. The van der Waals surface area contributed by atoms with Crippen LogP contribution in [0.15, 0.2) is 18.2 Å². The maximum absolute atomic E-state index is 13.4. The lowest BCUT2D eigenvalue weighted by molar-refractivity contribution is -0.114. The molecule has 1 aliphatic rings. The standard InChI is InChI=1S/C12H13FN2O3/c1-7(16)14-11-4-8(2-3-10(11)13)12(18)15-5-9(17)6-15/h2-4,9,17H,5-6H2,1H3,(H,14,16). The van der Waals surface area contributed by atoms with Crippen molar-refractivity contribution in [3.63, 3.8) is 0 Å². The lowest BCUT2D eigenvalue weighted by Crippen LogP contribution is -2.53. The molecule has 0 spiro atoms. The summed E-state index contributed by atoms with van der Waals surface area (Å²) >= 11 is 0. The molecule has 0 atom stereocenters. The molecule has 2 N–H and O–H groups in total. The number of likely N-dealkylation sites (tertiary alicyclic amines) is 1. The number of benzene rings is 1. The van der Waals surface area contributed by atoms with E-state index in [2.05, 4.69) is 5.32 Å². The van der Waals surface area contributed by atoms with Crippen LogP contribution in [0.5, 0.6) is 0 Å². The van der Waals surface area contributed by atoms with Crippen LogP contribution in [0.3, 0.4) is 0 Å². The zero-order valence-corrected chi connectivity index (χ0v) is 9.81. The van der Waals surface area contributed by atoms with Gasteiger partial charge in [0.1, 0.15) is 5.82 Å². The van der Waals surface area contributed by atoms with Crippen LogP contribution in [0.1, 0.15) is 17.3 Å². The highest BCUT2D eigenvalue weighted by Gasteiger charge is 2.29. The third-order valence-corrected chi connectivity index (χ3v) is 2.67. The molecule has 5 nitrogen and oxygen atoms in total. The molecule has 96 valence electrons. The van der Waals surface area contributed by atoms with E-state index in [9.17, 15) is 14.0 Å². The van der Waals surface area contributed by atoms with Crippen molar-refractivity contribution in [2.45, 2.75) is 13.0 Å². The number of hydrogen-bond donors (Lipinski definition) is 2. The third-order valence-electron chi connectivity index (χ3n) is 2.67. The number of nitrogens with one attached hydrogen (secondary N) is 1. The van der Waals surface area contributed by atoms with E-state index in [1.54, 1.807) is 0 Å². The number of anilines is 1. The molecule has 1 heterocycles. The van der Waals surface area contributed by atoms with Crippen molar-refractivity contribution in [3.05, 3.63) is 29.6 Å². The second-order valence-electron chi connectivity index (χ2n) is 4.24. The Labute approximate surface area is 103 Å². The fraction of sp³-hybridized carbons (Fsp3) is 0.333. The van der Waals surface area contributed by atoms with Crippen molar-refractivity contribution in [1.29, 1.82) is 0 Å². The molecule has 0 unspecified atom stereocenters. The van der Waals surface area contributed by atoms with Gasteiger partial charge in [0.2, 0.25) is 5.91 Å². The average molecular weight is 252 g/mol. The van der Waals surface area contributed by atoms with Crippen LogP contribution in [0.2, 0.25) is 0 Å². The topological polar surface area (TPSA) is 69.6 Å². The van der Waals surface area contributed by atoms with Gasteiger partial charge in [-0.3, -0.25) is 9.59 Å². The predicted molar refractivity (Wildman–Crippen MR) is 62.6 cm³/mol. The number of carbonyl (C=O) groups is 2. The minimum atomic E-state index is -0.592. The monoisotopic (exact) mass is 252 g/mol. The van der Waals surface area contributed by atoms with Crippen molar-refractivity contribution in [2.24, 2.45) is 0 Å². The van der Waals surface area contributed by atoms with Crippen LogP contribution in [-0.2, 0) is 4.79 Å². The van der Waals surface area contributed by atoms with Gasteiger partial charge in [0.25, 0.3) is 5.91 Å². The molecule has 0 radical (unpaired) electrons. The molecule has 2 amide bonds. The molecular formula is C12H13FN2O3. The third kappa shape index (κ3) is 2.48. The molecule has 1 aromatic carbocycles. The Morgan fingerprint density at radius 1 is 1.44 bits per heavy atom. The second kappa shape index (κ2) is 4.73. The number of aliphatic hydroxyl groups is 1. The molecule has 1 aliphatic heterocycles. The summed E-state index contributed by atoms with van der Waals surface area (Å²) in [7, 11) is 0. The normalized spacial score (nSPS) is 15.2. The van der Waals surface area contributed by atoms with Crippen LogP contribution in [-0.4, -0.2) is 41.0 Å². The largest absolute Gasteiger partial charge is 0.389 e. The minimum absolute atomic E-state index is 0.0191. The van der Waals surface area contributed by atoms with Gasteiger partial charge in [-0.25, -0.2) is 4.39 Å². The van der Waals surface area contributed by atoms with E-state index in [1.807, 2.05) is 0 Å². The van der Waals surface area contributed by atoms with Crippen LogP contribution < -0.4 is 5.32 Å². The molecular weight excluding hydrogens is 239 g/mol. The van der Waals surface area contributed by atoms with E-state index in [0.29, 0.717) is 0 Å². The smallest absolute Gasteiger partial charge is 0.254 e. The average Bonchev–Trinajstić information content (AvgIpc) is 2.26. The van der Waals surface area contributed by atoms with Gasteiger partial charge >= 0.3 is 0 Å². The number of nitrogens with zero attached hydrogens (tertiary/aromatic N) is 1. The summed E-state index contributed by atoms with van der Waals surface area (Å²) in [5, 5.41) is 11.4. The summed E-state index contributed by atoms with van der Waals surface area (Å²) in [5.41, 5.74) is 0.265. The molecule has 18 heavy (non-hydrogen) atoms. The fourth-order valence-corrected chi connectivity index (χ4v) is 1.75. The molecule has 2 rings (SSSR count). The molecule has 1 fully saturated rings. The Bertz CT molecular complexity index is 498. The Balaban J connectivity index is 2.18. The van der Waals surface area contributed by atoms with Gasteiger partial charge in [0, 0.05) is 25.6 Å². The van der Waals surface area contributed by atoms with Gasteiger partial charge in [-0.05, 0) is 18.2 Å². The van der Waals surface area contributed by atoms with Gasteiger partial charge < -0.3 is 15.3 Å². The first-order valence-electron chi connectivity index (χ1n) is 5.52. The number of amides is 2. The van der Waals surface area contributed by atoms with Gasteiger partial charge in [-0.15, -0.1) is 0 Å². The second-order valence-corrected chi connectivity index (χ2v) is 4.24. The Morgan fingerprint density at radius 2 is 2.11 bits per heavy atom. The van der Waals surface area contributed by atoms with E-state index in [1.165, 1.54) is 24.0 Å². The van der Waals surface area contributed by atoms with E-state index >= 15 is 0 Å². The lowest BCUT2D eigenvalue weighted by Gasteiger charge is -2.35. The van der Waals surface area contributed by atoms with Gasteiger partial charge in [-0.1, -0.05) is 0 Å². The van der Waals surface area contributed by atoms with Crippen LogP contribution in [0.25, 0.3) is 0 Å². The fourth-order valence-electron chi connectivity index (χ4n) is 1.75. The van der Waals surface area contributed by atoms with Crippen LogP contribution >= 0.6 is 0 Å². The predicted octanol–water partition coefficient (Wildman–Crippen LogP) is 0.601. The highest BCUT2D eigenvalue weighted by molar-refractivity contribution is 5.97. The van der Waals surface area contributed by atoms with Crippen LogP contribution in [0, 0.1) is 5.82 Å². The summed E-state index contributed by atoms with van der Waals surface area (Å²) < 4.78 is 13.4. The molecule has 0 aliphatic carbocycles. The van der Waals surface area contributed by atoms with Crippen molar-refractivity contribution < 1.29 is 19.1 Å². The first-order chi connectivity index (χ1) is 8.47. The van der Waals surface area contributed by atoms with E-state index < -0.39 is 17.8 Å². The van der Waals surface area contributed by atoms with E-state index in [0.717, 1.165) is 6.07 Å². The maximum Gasteiger partial charge on any atom is 0.254 e. The first kappa shape index (κ1) is 12.5. The quantitative estimate of drug-likeness (QED) is 0.809. The lowest BCUT2D eigenvalue weighted by atomic mass is 10.1. The van der Waals surface area contributed by atoms with Crippen molar-refractivity contribution in [1.82, 2.24) is 4.90 Å². The SMILES string of the molecule is CC(=O)Nc1cc(C(=O)N2CC(O)C2)ccc1F. The van der Waals surface area contributed by atoms with Gasteiger partial charge in [0.05, 0.1) is 11.8 Å². The number of β-amino-alcohol motifs (C(OH)–C–C–N with tert-alkyl or cyclic N) is 1. The van der Waals surface area contributed by atoms with Gasteiger partial charge in [0.15, 0.2) is 0 Å². The summed E-state index contributed by atoms with van der Waals surface area (Å²) in [6.07, 6.45) is -0.482. The van der Waals surface area contributed by atoms with E-state index in [-0.39, 0.29) is 30.2 Å². The molecule has 0 bridgehead atoms. The zero-order chi connectivity index (χ0) is 13.3. The zero-order valence-electron chi connectivity index (χ0n) is 9.81. The molecule has 0 aromatic heterocycles. The van der Waals surface area contributed by atoms with E-state index in [4.69, 9.17) is 5.11 Å². The van der Waals surface area contributed by atoms with Crippen LogP contribution in [0.4, 0.5) is 10.1 Å². The number of halogens is 1. The number of carbonyl (C=O) groups excluding carboxylic acids is 2. The number of rotatable bonds is 2. The maximum atomic E-state index is 13.4. The minimum Gasteiger partial charge on any atom is -0.389 e. The first-order valence-corrected chi connectivity index (χ1v) is 5.52. The highest BCUT2D eigenvalue weighted by atomic mass is 19.1. The number of aliphatic hydroxyl groups excluding tert-OH is 1. The van der Waals surface area contributed by atoms with Gasteiger partial charge in [-0.2, -0.15) is 0 Å². The molecule has 1 aromatic rings. The Hall–Kier alpha value is -1.95. The van der Waals surface area contributed by atoms with Crippen molar-refractivity contribution in [2.75, 3.05) is 18.4 Å².